The van der Waals surface area contributed by atoms with E-state index in [1.54, 1.807) is 44.2 Å². The largest absolute Gasteiger partial charge is 0.465 e. The Morgan fingerprint density at radius 1 is 0.966 bits per heavy atom. The molecule has 3 amide bonds. The second-order valence-corrected chi connectivity index (χ2v) is 6.48. The average Bonchev–Trinajstić information content (AvgIpc) is 2.68. The molecule has 0 spiro atoms. The molecule has 0 aliphatic rings. The van der Waals surface area contributed by atoms with Gasteiger partial charge < -0.3 is 20.7 Å². The van der Waals surface area contributed by atoms with Crippen LogP contribution in [0.2, 0.25) is 0 Å². The number of para-hydroxylation sites is 1. The van der Waals surface area contributed by atoms with Gasteiger partial charge in [-0.25, -0.2) is 18.4 Å². The summed E-state index contributed by atoms with van der Waals surface area (Å²) in [6.45, 7) is 3.38. The monoisotopic (exact) mass is 405 g/mol. The van der Waals surface area contributed by atoms with Crippen molar-refractivity contribution in [3.63, 3.8) is 0 Å². The summed E-state index contributed by atoms with van der Waals surface area (Å²) in [7, 11) is 1.05. The molecular weight excluding hydrogens is 384 g/mol. The molecule has 0 aliphatic carbocycles. The van der Waals surface area contributed by atoms with Gasteiger partial charge in [-0.05, 0) is 24.1 Å². The molecule has 0 heterocycles. The number of methoxy groups -OCH3 is 1. The minimum Gasteiger partial charge on any atom is -0.465 e. The van der Waals surface area contributed by atoms with E-state index in [0.717, 1.165) is 13.2 Å². The van der Waals surface area contributed by atoms with Crippen LogP contribution in [-0.2, 0) is 9.53 Å². The van der Waals surface area contributed by atoms with Crippen molar-refractivity contribution in [3.8, 4) is 0 Å². The molecule has 1 atom stereocenters. The highest BCUT2D eigenvalue weighted by Gasteiger charge is 2.26. The number of urea groups is 1. The van der Waals surface area contributed by atoms with Crippen LogP contribution < -0.4 is 16.0 Å². The third-order valence-corrected chi connectivity index (χ3v) is 3.99. The number of benzene rings is 2. The average molecular weight is 405 g/mol. The Kier molecular flexibility index (Phi) is 7.24. The van der Waals surface area contributed by atoms with E-state index >= 15 is 0 Å². The fraction of sp³-hybridized carbons (Fsp3) is 0.250. The predicted molar refractivity (Wildman–Crippen MR) is 104 cm³/mol. The van der Waals surface area contributed by atoms with Crippen molar-refractivity contribution in [3.05, 3.63) is 59.7 Å². The zero-order valence-corrected chi connectivity index (χ0v) is 16.1. The second-order valence-electron chi connectivity index (χ2n) is 6.48. The van der Waals surface area contributed by atoms with Crippen molar-refractivity contribution < 1.29 is 27.9 Å². The molecule has 3 N–H and O–H groups in total. The van der Waals surface area contributed by atoms with Gasteiger partial charge in [0.2, 0.25) is 5.91 Å². The van der Waals surface area contributed by atoms with E-state index in [1.165, 1.54) is 0 Å². The fourth-order valence-corrected chi connectivity index (χ4v) is 2.49. The molecule has 2 aromatic carbocycles. The van der Waals surface area contributed by atoms with Crippen molar-refractivity contribution in [2.45, 2.75) is 19.9 Å². The van der Waals surface area contributed by atoms with Crippen LogP contribution in [0.5, 0.6) is 0 Å². The van der Waals surface area contributed by atoms with Crippen LogP contribution in [-0.4, -0.2) is 31.1 Å². The van der Waals surface area contributed by atoms with E-state index in [4.69, 9.17) is 0 Å². The number of hydrogen-bond donors (Lipinski definition) is 3. The highest BCUT2D eigenvalue weighted by molar-refractivity contribution is 6.00. The molecule has 2 aromatic rings. The van der Waals surface area contributed by atoms with E-state index in [2.05, 4.69) is 20.7 Å². The zero-order valence-electron chi connectivity index (χ0n) is 16.1. The van der Waals surface area contributed by atoms with Crippen molar-refractivity contribution in [2.75, 3.05) is 17.7 Å². The van der Waals surface area contributed by atoms with Gasteiger partial charge in [-0.1, -0.05) is 32.0 Å². The number of hydrogen-bond acceptors (Lipinski definition) is 4. The van der Waals surface area contributed by atoms with E-state index in [9.17, 15) is 23.2 Å². The van der Waals surface area contributed by atoms with Crippen LogP contribution in [0.1, 0.15) is 24.2 Å². The summed E-state index contributed by atoms with van der Waals surface area (Å²) >= 11 is 0. The Hall–Kier alpha value is -3.49. The number of ether oxygens (including phenoxy) is 1. The van der Waals surface area contributed by atoms with Gasteiger partial charge in [-0.3, -0.25) is 4.79 Å². The lowest BCUT2D eigenvalue weighted by Crippen LogP contribution is -2.48. The molecule has 0 unspecified atom stereocenters. The van der Waals surface area contributed by atoms with Crippen LogP contribution in [0, 0.1) is 17.6 Å². The van der Waals surface area contributed by atoms with Gasteiger partial charge in [0.1, 0.15) is 17.7 Å². The number of anilines is 2. The van der Waals surface area contributed by atoms with Gasteiger partial charge in [0.15, 0.2) is 0 Å². The van der Waals surface area contributed by atoms with Crippen molar-refractivity contribution >= 4 is 29.3 Å². The zero-order chi connectivity index (χ0) is 21.6. The van der Waals surface area contributed by atoms with Crippen LogP contribution >= 0.6 is 0 Å². The quantitative estimate of drug-likeness (QED) is 0.641. The molecule has 0 radical (unpaired) electrons. The Labute approximate surface area is 166 Å². The number of nitrogens with one attached hydrogen (secondary N) is 3. The van der Waals surface area contributed by atoms with Crippen LogP contribution in [0.4, 0.5) is 25.0 Å². The SMILES string of the molecule is COC(=O)c1cc(NC(=O)[C@H](NC(=O)Nc2ccccc2)C(C)C)c(F)cc1F. The maximum absolute atomic E-state index is 14.1. The lowest BCUT2D eigenvalue weighted by Gasteiger charge is -2.22. The molecule has 154 valence electrons. The Morgan fingerprint density at radius 3 is 2.21 bits per heavy atom. The van der Waals surface area contributed by atoms with Gasteiger partial charge in [-0.15, -0.1) is 0 Å². The van der Waals surface area contributed by atoms with Gasteiger partial charge in [0.05, 0.1) is 18.4 Å². The maximum Gasteiger partial charge on any atom is 0.340 e. The predicted octanol–water partition coefficient (Wildman–Crippen LogP) is 3.54. The van der Waals surface area contributed by atoms with E-state index in [-0.39, 0.29) is 5.92 Å². The van der Waals surface area contributed by atoms with Crippen LogP contribution in [0.25, 0.3) is 0 Å². The molecule has 0 fully saturated rings. The molecule has 0 bridgehead atoms. The molecule has 2 rings (SSSR count). The van der Waals surface area contributed by atoms with Crippen LogP contribution in [0.3, 0.4) is 0 Å². The molecule has 7 nitrogen and oxygen atoms in total. The van der Waals surface area contributed by atoms with Crippen molar-refractivity contribution in [1.29, 1.82) is 0 Å². The number of carbonyl (C=O) groups is 3. The first-order valence-electron chi connectivity index (χ1n) is 8.73. The lowest BCUT2D eigenvalue weighted by molar-refractivity contribution is -0.118. The molecule has 9 heteroatoms. The van der Waals surface area contributed by atoms with Gasteiger partial charge >= 0.3 is 12.0 Å². The number of rotatable bonds is 6. The first-order chi connectivity index (χ1) is 13.7. The molecular formula is C20H21F2N3O4. The number of amides is 3. The van der Waals surface area contributed by atoms with E-state index in [1.807, 2.05) is 0 Å². The first kappa shape index (κ1) is 21.8. The van der Waals surface area contributed by atoms with E-state index < -0.39 is 46.8 Å². The Balaban J connectivity index is 2.15. The van der Waals surface area contributed by atoms with E-state index in [0.29, 0.717) is 11.8 Å². The highest BCUT2D eigenvalue weighted by Crippen LogP contribution is 2.21. The number of carbonyl (C=O) groups excluding carboxylic acids is 3. The summed E-state index contributed by atoms with van der Waals surface area (Å²) in [6.07, 6.45) is 0. The summed E-state index contributed by atoms with van der Waals surface area (Å²) in [5.41, 5.74) is -0.409. The maximum atomic E-state index is 14.1. The van der Waals surface area contributed by atoms with Crippen molar-refractivity contribution in [2.24, 2.45) is 5.92 Å². The smallest absolute Gasteiger partial charge is 0.340 e. The summed E-state index contributed by atoms with van der Waals surface area (Å²) in [4.78, 5) is 36.4. The second kappa shape index (κ2) is 9.63. The minimum atomic E-state index is -1.12. The molecule has 29 heavy (non-hydrogen) atoms. The molecule has 0 saturated carbocycles. The minimum absolute atomic E-state index is 0.347. The van der Waals surface area contributed by atoms with Gasteiger partial charge in [-0.2, -0.15) is 0 Å². The normalized spacial score (nSPS) is 11.5. The fourth-order valence-electron chi connectivity index (χ4n) is 2.49. The molecule has 0 aromatic heterocycles. The summed E-state index contributed by atoms with van der Waals surface area (Å²) < 4.78 is 32.3. The third kappa shape index (κ3) is 5.74. The third-order valence-electron chi connectivity index (χ3n) is 3.99. The summed E-state index contributed by atoms with van der Waals surface area (Å²) in [6, 6.07) is 8.27. The number of esters is 1. The lowest BCUT2D eigenvalue weighted by atomic mass is 10.0. The van der Waals surface area contributed by atoms with Crippen LogP contribution in [0.15, 0.2) is 42.5 Å². The van der Waals surface area contributed by atoms with Gasteiger partial charge in [0.25, 0.3) is 0 Å². The number of halogens is 2. The van der Waals surface area contributed by atoms with Gasteiger partial charge in [0, 0.05) is 11.8 Å². The summed E-state index contributed by atoms with van der Waals surface area (Å²) in [5, 5.41) is 7.37. The molecule has 0 saturated heterocycles. The Morgan fingerprint density at radius 2 is 1.62 bits per heavy atom. The molecule has 0 aliphatic heterocycles. The highest BCUT2D eigenvalue weighted by atomic mass is 19.1. The first-order valence-corrected chi connectivity index (χ1v) is 8.73. The topological polar surface area (TPSA) is 96.5 Å². The standard InChI is InChI=1S/C20H21F2N3O4/c1-11(2)17(25-20(28)23-12-7-5-4-6-8-12)18(26)24-16-9-13(19(27)29-3)14(21)10-15(16)22/h4-11,17H,1-3H3,(H,24,26)(H2,23,25,28)/t17-/m1/s1. The summed E-state index contributed by atoms with van der Waals surface area (Å²) in [5.74, 6) is -4.28. The Bertz CT molecular complexity index is 904. The van der Waals surface area contributed by atoms with Crippen molar-refractivity contribution in [1.82, 2.24) is 5.32 Å².